The maximum atomic E-state index is 10.0. The molecule has 0 bridgehead atoms. The van der Waals surface area contributed by atoms with Gasteiger partial charge in [0.15, 0.2) is 0 Å². The van der Waals surface area contributed by atoms with Gasteiger partial charge in [-0.25, -0.2) is 0 Å². The van der Waals surface area contributed by atoms with E-state index in [9.17, 15) is 5.11 Å². The summed E-state index contributed by atoms with van der Waals surface area (Å²) in [7, 11) is 0. The number of nitrogens with two attached hydrogens (primary N) is 1. The molecular weight excluding hydrogens is 240 g/mol. The van der Waals surface area contributed by atoms with Gasteiger partial charge in [-0.3, -0.25) is 4.90 Å². The average Bonchev–Trinajstić information content (AvgIpc) is 2.51. The van der Waals surface area contributed by atoms with Gasteiger partial charge in [-0.1, -0.05) is 6.07 Å². The normalized spacial score (nSPS) is 24.9. The van der Waals surface area contributed by atoms with Crippen LogP contribution in [0, 0.1) is 0 Å². The van der Waals surface area contributed by atoms with Gasteiger partial charge in [0.05, 0.1) is 5.60 Å². The van der Waals surface area contributed by atoms with E-state index < -0.39 is 5.60 Å². The lowest BCUT2D eigenvalue weighted by Gasteiger charge is -2.22. The molecule has 1 atom stereocenters. The van der Waals surface area contributed by atoms with E-state index >= 15 is 0 Å². The van der Waals surface area contributed by atoms with Gasteiger partial charge in [0, 0.05) is 24.8 Å². The number of rotatable bonds is 4. The minimum absolute atomic E-state index is 0.497. The van der Waals surface area contributed by atoms with Crippen LogP contribution in [0.1, 0.15) is 26.2 Å². The van der Waals surface area contributed by atoms with Gasteiger partial charge in [-0.05, 0) is 44.9 Å². The highest BCUT2D eigenvalue weighted by Gasteiger charge is 2.24. The summed E-state index contributed by atoms with van der Waals surface area (Å²) in [5.41, 5.74) is 5.93. The minimum Gasteiger partial charge on any atom is -0.492 e. The molecule has 0 amide bonds. The molecule has 0 spiro atoms. The second-order valence-electron chi connectivity index (χ2n) is 5.61. The lowest BCUT2D eigenvalue weighted by molar-refractivity contribution is 0.0442. The quantitative estimate of drug-likeness (QED) is 0.815. The number of hydrogen-bond acceptors (Lipinski definition) is 4. The van der Waals surface area contributed by atoms with Crippen LogP contribution in [0.5, 0.6) is 5.75 Å². The molecular formula is C15H24N2O2. The van der Waals surface area contributed by atoms with Crippen LogP contribution in [-0.2, 0) is 0 Å². The summed E-state index contributed by atoms with van der Waals surface area (Å²) in [5, 5.41) is 10.0. The summed E-state index contributed by atoms with van der Waals surface area (Å²) in [6.07, 6.45) is 2.77. The highest BCUT2D eigenvalue weighted by atomic mass is 16.5. The van der Waals surface area contributed by atoms with Crippen LogP contribution in [0.3, 0.4) is 0 Å². The van der Waals surface area contributed by atoms with E-state index in [2.05, 4.69) is 4.90 Å². The third kappa shape index (κ3) is 4.73. The Bertz CT molecular complexity index is 407. The first-order valence-corrected chi connectivity index (χ1v) is 6.98. The third-order valence-corrected chi connectivity index (χ3v) is 3.69. The molecule has 4 heteroatoms. The van der Waals surface area contributed by atoms with Crippen molar-refractivity contribution in [2.24, 2.45) is 0 Å². The van der Waals surface area contributed by atoms with E-state index in [4.69, 9.17) is 10.5 Å². The lowest BCUT2D eigenvalue weighted by Crippen LogP contribution is -2.31. The number of likely N-dealkylation sites (tertiary alicyclic amines) is 1. The SMILES string of the molecule is CC1(O)CCCN(CCOc2cccc(N)c2)CC1. The molecule has 106 valence electrons. The number of benzene rings is 1. The van der Waals surface area contributed by atoms with Gasteiger partial charge in [0.25, 0.3) is 0 Å². The molecule has 0 aromatic heterocycles. The van der Waals surface area contributed by atoms with Crippen molar-refractivity contribution in [1.29, 1.82) is 0 Å². The molecule has 1 fully saturated rings. The fourth-order valence-electron chi connectivity index (χ4n) is 2.44. The second-order valence-corrected chi connectivity index (χ2v) is 5.61. The fourth-order valence-corrected chi connectivity index (χ4v) is 2.44. The van der Waals surface area contributed by atoms with Gasteiger partial charge in [-0.15, -0.1) is 0 Å². The van der Waals surface area contributed by atoms with Crippen LogP contribution in [0.2, 0.25) is 0 Å². The molecule has 1 heterocycles. The molecule has 1 aliphatic rings. The Labute approximate surface area is 115 Å². The molecule has 0 saturated carbocycles. The minimum atomic E-state index is -0.497. The van der Waals surface area contributed by atoms with Crippen molar-refractivity contribution < 1.29 is 9.84 Å². The zero-order valence-electron chi connectivity index (χ0n) is 11.6. The summed E-state index contributed by atoms with van der Waals surface area (Å²) < 4.78 is 5.70. The highest BCUT2D eigenvalue weighted by Crippen LogP contribution is 2.21. The summed E-state index contributed by atoms with van der Waals surface area (Å²) in [6.45, 7) is 5.46. The summed E-state index contributed by atoms with van der Waals surface area (Å²) >= 11 is 0. The van der Waals surface area contributed by atoms with E-state index in [0.717, 1.165) is 50.3 Å². The van der Waals surface area contributed by atoms with Crippen LogP contribution in [0.4, 0.5) is 5.69 Å². The number of aliphatic hydroxyl groups is 1. The van der Waals surface area contributed by atoms with Gasteiger partial charge >= 0.3 is 0 Å². The van der Waals surface area contributed by atoms with Crippen LogP contribution >= 0.6 is 0 Å². The fraction of sp³-hybridized carbons (Fsp3) is 0.600. The van der Waals surface area contributed by atoms with Gasteiger partial charge in [0.2, 0.25) is 0 Å². The Hall–Kier alpha value is -1.26. The molecule has 19 heavy (non-hydrogen) atoms. The van der Waals surface area contributed by atoms with Crippen molar-refractivity contribution in [2.75, 3.05) is 32.0 Å². The van der Waals surface area contributed by atoms with Crippen molar-refractivity contribution in [2.45, 2.75) is 31.8 Å². The first-order chi connectivity index (χ1) is 9.05. The Morgan fingerprint density at radius 3 is 3.00 bits per heavy atom. The summed E-state index contributed by atoms with van der Waals surface area (Å²) in [6, 6.07) is 7.51. The molecule has 1 aromatic rings. The van der Waals surface area contributed by atoms with Gasteiger partial charge in [-0.2, -0.15) is 0 Å². The molecule has 0 aliphatic carbocycles. The monoisotopic (exact) mass is 264 g/mol. The van der Waals surface area contributed by atoms with E-state index in [1.807, 2.05) is 31.2 Å². The van der Waals surface area contributed by atoms with Crippen molar-refractivity contribution >= 4 is 5.69 Å². The van der Waals surface area contributed by atoms with Crippen molar-refractivity contribution in [3.63, 3.8) is 0 Å². The van der Waals surface area contributed by atoms with Crippen molar-refractivity contribution in [3.05, 3.63) is 24.3 Å². The van der Waals surface area contributed by atoms with Crippen LogP contribution in [0.15, 0.2) is 24.3 Å². The first kappa shape index (κ1) is 14.2. The van der Waals surface area contributed by atoms with Crippen LogP contribution in [-0.4, -0.2) is 41.8 Å². The van der Waals surface area contributed by atoms with Crippen LogP contribution < -0.4 is 10.5 Å². The van der Waals surface area contributed by atoms with Crippen molar-refractivity contribution in [3.8, 4) is 5.75 Å². The molecule has 1 saturated heterocycles. The van der Waals surface area contributed by atoms with Gasteiger partial charge < -0.3 is 15.6 Å². The largest absolute Gasteiger partial charge is 0.492 e. The maximum absolute atomic E-state index is 10.0. The molecule has 4 nitrogen and oxygen atoms in total. The topological polar surface area (TPSA) is 58.7 Å². The Balaban J connectivity index is 1.74. The first-order valence-electron chi connectivity index (χ1n) is 6.98. The predicted octanol–water partition coefficient (Wildman–Crippen LogP) is 1.88. The molecule has 2 rings (SSSR count). The zero-order valence-corrected chi connectivity index (χ0v) is 11.6. The number of anilines is 1. The Morgan fingerprint density at radius 1 is 1.37 bits per heavy atom. The van der Waals surface area contributed by atoms with E-state index in [-0.39, 0.29) is 0 Å². The number of ether oxygens (including phenoxy) is 1. The smallest absolute Gasteiger partial charge is 0.121 e. The van der Waals surface area contributed by atoms with E-state index in [1.165, 1.54) is 0 Å². The number of nitrogen functional groups attached to an aromatic ring is 1. The molecule has 1 unspecified atom stereocenters. The Kier molecular flexibility index (Phi) is 4.66. The highest BCUT2D eigenvalue weighted by molar-refractivity contribution is 5.43. The van der Waals surface area contributed by atoms with Crippen molar-refractivity contribution in [1.82, 2.24) is 4.90 Å². The van der Waals surface area contributed by atoms with E-state index in [0.29, 0.717) is 6.61 Å². The third-order valence-electron chi connectivity index (χ3n) is 3.69. The Morgan fingerprint density at radius 2 is 2.21 bits per heavy atom. The summed E-state index contributed by atoms with van der Waals surface area (Å²) in [5.74, 6) is 0.821. The standard InChI is InChI=1S/C15H24N2O2/c1-15(18)6-3-8-17(9-7-15)10-11-19-14-5-2-4-13(16)12-14/h2,4-5,12,18H,3,6-11,16H2,1H3. The number of nitrogens with zero attached hydrogens (tertiary/aromatic N) is 1. The zero-order chi connectivity index (χ0) is 13.7. The number of hydrogen-bond donors (Lipinski definition) is 2. The predicted molar refractivity (Wildman–Crippen MR) is 77.3 cm³/mol. The van der Waals surface area contributed by atoms with Crippen LogP contribution in [0.25, 0.3) is 0 Å². The maximum Gasteiger partial charge on any atom is 0.121 e. The molecule has 0 radical (unpaired) electrons. The second kappa shape index (κ2) is 6.26. The molecule has 3 N–H and O–H groups in total. The average molecular weight is 264 g/mol. The summed E-state index contributed by atoms with van der Waals surface area (Å²) in [4.78, 5) is 2.35. The van der Waals surface area contributed by atoms with E-state index in [1.54, 1.807) is 0 Å². The lowest BCUT2D eigenvalue weighted by atomic mass is 9.98. The molecule has 1 aliphatic heterocycles. The molecule has 1 aromatic carbocycles. The van der Waals surface area contributed by atoms with Gasteiger partial charge in [0.1, 0.15) is 12.4 Å².